The van der Waals surface area contributed by atoms with Gasteiger partial charge in [0.1, 0.15) is 0 Å². The molecule has 0 bridgehead atoms. The third-order valence-electron chi connectivity index (χ3n) is 1.67. The maximum atomic E-state index is 8.84. The molecule has 3 nitrogen and oxygen atoms in total. The van der Waals surface area contributed by atoms with Crippen LogP contribution in [0, 0.1) is 0 Å². The second-order valence-electron chi connectivity index (χ2n) is 2.97. The molecule has 0 saturated carbocycles. The summed E-state index contributed by atoms with van der Waals surface area (Å²) in [6, 6.07) is 5.56. The van der Waals surface area contributed by atoms with E-state index >= 15 is 0 Å². The minimum Gasteiger partial charge on any atom is -0.399 e. The summed E-state index contributed by atoms with van der Waals surface area (Å²) in [7, 11) is 0. The summed E-state index contributed by atoms with van der Waals surface area (Å²) in [5.41, 5.74) is 7.24. The van der Waals surface area contributed by atoms with Gasteiger partial charge in [-0.05, 0) is 41.1 Å². The van der Waals surface area contributed by atoms with Crippen LogP contribution >= 0.6 is 15.9 Å². The minimum atomic E-state index is 0.0416. The number of halogens is 1. The molecule has 1 atom stereocenters. The quantitative estimate of drug-likeness (QED) is 0.712. The van der Waals surface area contributed by atoms with E-state index in [0.29, 0.717) is 5.69 Å². The number of hydrogen-bond donors (Lipinski definition) is 3. The Morgan fingerprint density at radius 1 is 1.62 bits per heavy atom. The first-order chi connectivity index (χ1) is 6.13. The second-order valence-corrected chi connectivity index (χ2v) is 3.82. The molecule has 0 aromatic heterocycles. The number of anilines is 2. The van der Waals surface area contributed by atoms with Gasteiger partial charge in [-0.1, -0.05) is 0 Å². The lowest BCUT2D eigenvalue weighted by molar-refractivity contribution is 0.281. The molecule has 13 heavy (non-hydrogen) atoms. The van der Waals surface area contributed by atoms with Gasteiger partial charge in [0, 0.05) is 21.9 Å². The highest BCUT2D eigenvalue weighted by molar-refractivity contribution is 9.10. The van der Waals surface area contributed by atoms with Crippen molar-refractivity contribution < 1.29 is 5.11 Å². The van der Waals surface area contributed by atoms with Crippen molar-refractivity contribution in [3.8, 4) is 0 Å². The number of aliphatic hydroxyl groups is 1. The zero-order chi connectivity index (χ0) is 9.84. The maximum absolute atomic E-state index is 8.84. The lowest BCUT2D eigenvalue weighted by atomic mass is 10.2. The molecule has 72 valence electrons. The van der Waals surface area contributed by atoms with Gasteiger partial charge in [0.2, 0.25) is 0 Å². The highest BCUT2D eigenvalue weighted by atomic mass is 79.9. The molecule has 1 aromatic carbocycles. The molecule has 0 saturated heterocycles. The monoisotopic (exact) mass is 244 g/mol. The molecule has 0 amide bonds. The first kappa shape index (κ1) is 10.3. The highest BCUT2D eigenvalue weighted by Gasteiger charge is 2.03. The van der Waals surface area contributed by atoms with Crippen molar-refractivity contribution in [2.24, 2.45) is 0 Å². The average Bonchev–Trinajstić information content (AvgIpc) is 2.09. The predicted octanol–water partition coefficient (Wildman–Crippen LogP) is 1.82. The molecule has 0 radical (unpaired) electrons. The summed E-state index contributed by atoms with van der Waals surface area (Å²) in [4.78, 5) is 0. The van der Waals surface area contributed by atoms with Crippen molar-refractivity contribution in [1.82, 2.24) is 0 Å². The molecule has 1 rings (SSSR count). The Balaban J connectivity index is 2.77. The molecule has 4 heteroatoms. The topological polar surface area (TPSA) is 58.3 Å². The number of nitrogen functional groups attached to an aromatic ring is 1. The Labute approximate surface area is 86.1 Å². The first-order valence-electron chi connectivity index (χ1n) is 4.06. The van der Waals surface area contributed by atoms with Gasteiger partial charge in [-0.25, -0.2) is 0 Å². The zero-order valence-electron chi connectivity index (χ0n) is 7.42. The van der Waals surface area contributed by atoms with Crippen LogP contribution in [0.2, 0.25) is 0 Å². The summed E-state index contributed by atoms with van der Waals surface area (Å²) >= 11 is 3.38. The van der Waals surface area contributed by atoms with E-state index in [4.69, 9.17) is 10.8 Å². The number of rotatable bonds is 3. The van der Waals surface area contributed by atoms with Crippen LogP contribution in [0.1, 0.15) is 6.92 Å². The number of nitrogens with one attached hydrogen (secondary N) is 1. The Bertz CT molecular complexity index is 291. The maximum Gasteiger partial charge on any atom is 0.0630 e. The van der Waals surface area contributed by atoms with Crippen molar-refractivity contribution in [3.63, 3.8) is 0 Å². The van der Waals surface area contributed by atoms with Crippen LogP contribution in [0.3, 0.4) is 0 Å². The Morgan fingerprint density at radius 3 is 2.85 bits per heavy atom. The molecule has 1 aromatic rings. The van der Waals surface area contributed by atoms with E-state index in [0.717, 1.165) is 10.2 Å². The van der Waals surface area contributed by atoms with E-state index in [2.05, 4.69) is 21.2 Å². The van der Waals surface area contributed by atoms with Gasteiger partial charge < -0.3 is 16.2 Å². The molecule has 0 aliphatic carbocycles. The smallest absolute Gasteiger partial charge is 0.0630 e. The summed E-state index contributed by atoms with van der Waals surface area (Å²) in [6.07, 6.45) is 0. The van der Waals surface area contributed by atoms with Gasteiger partial charge in [0.15, 0.2) is 0 Å². The van der Waals surface area contributed by atoms with Crippen LogP contribution in [0.4, 0.5) is 11.4 Å². The van der Waals surface area contributed by atoms with E-state index in [1.165, 1.54) is 0 Å². The molecule has 1 unspecified atom stereocenters. The average molecular weight is 245 g/mol. The molecule has 0 fully saturated rings. The van der Waals surface area contributed by atoms with Crippen molar-refractivity contribution >= 4 is 27.3 Å². The number of nitrogens with two attached hydrogens (primary N) is 1. The fourth-order valence-corrected chi connectivity index (χ4v) is 1.47. The van der Waals surface area contributed by atoms with E-state index in [1.54, 1.807) is 0 Å². The molecule has 0 aliphatic heterocycles. The fraction of sp³-hybridized carbons (Fsp3) is 0.333. The van der Waals surface area contributed by atoms with Gasteiger partial charge in [-0.2, -0.15) is 0 Å². The Morgan fingerprint density at radius 2 is 2.31 bits per heavy atom. The van der Waals surface area contributed by atoms with Crippen molar-refractivity contribution in [3.05, 3.63) is 22.7 Å². The van der Waals surface area contributed by atoms with Gasteiger partial charge in [-0.3, -0.25) is 0 Å². The summed E-state index contributed by atoms with van der Waals surface area (Å²) in [6.45, 7) is 2.01. The SMILES string of the molecule is CC(CO)Nc1ccc(N)cc1Br. The van der Waals surface area contributed by atoms with Crippen molar-refractivity contribution in [2.45, 2.75) is 13.0 Å². The van der Waals surface area contributed by atoms with E-state index in [-0.39, 0.29) is 12.6 Å². The van der Waals surface area contributed by atoms with Crippen LogP contribution in [0.15, 0.2) is 22.7 Å². The van der Waals surface area contributed by atoms with Crippen LogP contribution in [0.5, 0.6) is 0 Å². The van der Waals surface area contributed by atoms with Crippen molar-refractivity contribution in [2.75, 3.05) is 17.7 Å². The summed E-state index contributed by atoms with van der Waals surface area (Å²) < 4.78 is 0.910. The third-order valence-corrected chi connectivity index (χ3v) is 2.32. The third kappa shape index (κ3) is 2.90. The molecule has 0 spiro atoms. The van der Waals surface area contributed by atoms with E-state index in [1.807, 2.05) is 25.1 Å². The molecular weight excluding hydrogens is 232 g/mol. The summed E-state index contributed by atoms with van der Waals surface area (Å²) in [5, 5.41) is 12.0. The predicted molar refractivity (Wildman–Crippen MR) is 58.7 cm³/mol. The van der Waals surface area contributed by atoms with Crippen LogP contribution in [0.25, 0.3) is 0 Å². The van der Waals surface area contributed by atoms with Crippen LogP contribution in [-0.4, -0.2) is 17.8 Å². The highest BCUT2D eigenvalue weighted by Crippen LogP contribution is 2.24. The number of aliphatic hydroxyl groups excluding tert-OH is 1. The normalized spacial score (nSPS) is 12.5. The fourth-order valence-electron chi connectivity index (χ4n) is 0.960. The second kappa shape index (κ2) is 4.48. The zero-order valence-corrected chi connectivity index (χ0v) is 9.01. The van der Waals surface area contributed by atoms with Gasteiger partial charge in [0.25, 0.3) is 0 Å². The Kier molecular flexibility index (Phi) is 3.57. The molecule has 4 N–H and O–H groups in total. The lowest BCUT2D eigenvalue weighted by Crippen LogP contribution is -2.19. The molecule has 0 aliphatic rings. The Hall–Kier alpha value is -0.740. The lowest BCUT2D eigenvalue weighted by Gasteiger charge is -2.13. The van der Waals surface area contributed by atoms with Gasteiger partial charge in [-0.15, -0.1) is 0 Å². The first-order valence-corrected chi connectivity index (χ1v) is 4.85. The van der Waals surface area contributed by atoms with Crippen molar-refractivity contribution in [1.29, 1.82) is 0 Å². The standard InChI is InChI=1S/C9H13BrN2O/c1-6(5-13)12-9-3-2-7(11)4-8(9)10/h2-4,6,12-13H,5,11H2,1H3. The molecule has 0 heterocycles. The largest absolute Gasteiger partial charge is 0.399 e. The number of hydrogen-bond acceptors (Lipinski definition) is 3. The van der Waals surface area contributed by atoms with E-state index in [9.17, 15) is 0 Å². The minimum absolute atomic E-state index is 0.0416. The summed E-state index contributed by atoms with van der Waals surface area (Å²) in [5.74, 6) is 0. The molecular formula is C9H13BrN2O. The van der Waals surface area contributed by atoms with Crippen LogP contribution in [-0.2, 0) is 0 Å². The van der Waals surface area contributed by atoms with Gasteiger partial charge in [0.05, 0.1) is 6.61 Å². The number of benzene rings is 1. The van der Waals surface area contributed by atoms with Crippen LogP contribution < -0.4 is 11.1 Å². The van der Waals surface area contributed by atoms with E-state index < -0.39 is 0 Å². The van der Waals surface area contributed by atoms with Gasteiger partial charge >= 0.3 is 0 Å².